The Kier molecular flexibility index (Phi) is 8.35. The minimum absolute atomic E-state index is 0.0301. The molecule has 5 rings (SSSR count). The summed E-state index contributed by atoms with van der Waals surface area (Å²) in [5.74, 6) is 1.02. The van der Waals surface area contributed by atoms with E-state index in [1.54, 1.807) is 0 Å². The van der Waals surface area contributed by atoms with Crippen LogP contribution in [0.4, 0.5) is 0 Å². The maximum Gasteiger partial charge on any atom is 0.240 e. The lowest BCUT2D eigenvalue weighted by Gasteiger charge is -2.43. The molecule has 0 bridgehead atoms. The smallest absolute Gasteiger partial charge is 0.240 e. The second kappa shape index (κ2) is 12.0. The van der Waals surface area contributed by atoms with Crippen LogP contribution in [0.1, 0.15) is 56.2 Å². The Morgan fingerprint density at radius 2 is 1.56 bits per heavy atom. The normalized spacial score (nSPS) is 23.6. The molecule has 2 heterocycles. The fourth-order valence-electron chi connectivity index (χ4n) is 6.12. The largest absolute Gasteiger partial charge is 0.339 e. The molecule has 36 heavy (non-hydrogen) atoms. The number of nitrogens with zero attached hydrogens (tertiary/aromatic N) is 3. The number of benzene rings is 2. The summed E-state index contributed by atoms with van der Waals surface area (Å²) in [7, 11) is 0. The maximum atomic E-state index is 13.7. The first-order valence-electron chi connectivity index (χ1n) is 14.0. The fraction of sp³-hybridized carbons (Fsp3) is 0.469. The Hall–Kier alpha value is -2.69. The van der Waals surface area contributed by atoms with Crippen LogP contribution in [0.3, 0.4) is 0 Å². The predicted octanol–water partition coefficient (Wildman–Crippen LogP) is 5.69. The first kappa shape index (κ1) is 25.0. The minimum Gasteiger partial charge on any atom is -0.339 e. The molecule has 2 atom stereocenters. The Morgan fingerprint density at radius 1 is 0.889 bits per heavy atom. The Balaban J connectivity index is 1.23. The van der Waals surface area contributed by atoms with Gasteiger partial charge in [0.15, 0.2) is 0 Å². The van der Waals surface area contributed by atoms with Crippen LogP contribution in [0.25, 0.3) is 0 Å². The quantitative estimate of drug-likeness (QED) is 0.506. The number of carbonyl (C=O) groups is 1. The molecule has 4 nitrogen and oxygen atoms in total. The number of amides is 1. The highest BCUT2D eigenvalue weighted by Crippen LogP contribution is 2.30. The van der Waals surface area contributed by atoms with Crippen molar-refractivity contribution in [1.29, 1.82) is 0 Å². The second-order valence-corrected chi connectivity index (χ2v) is 10.6. The number of piperazine rings is 1. The third-order valence-corrected chi connectivity index (χ3v) is 8.30. The second-order valence-electron chi connectivity index (χ2n) is 10.6. The van der Waals surface area contributed by atoms with E-state index in [4.69, 9.17) is 0 Å². The summed E-state index contributed by atoms with van der Waals surface area (Å²) in [5, 5.41) is 0. The zero-order valence-electron chi connectivity index (χ0n) is 21.8. The standard InChI is InChI=1S/C32H41N3O/c1-2-26-16-18-27(19-17-26)25-35-20-10-9-15-30(35)32(36)34-23-21-33(22-24-34)31(28-11-5-3-6-12-28)29-13-7-4-8-14-29/h3-8,11-14,16,18-19,26,30-31H,2,9-10,15,17,20-25H2,1H3. The van der Waals surface area contributed by atoms with Crippen LogP contribution in [0.15, 0.2) is 84.5 Å². The van der Waals surface area contributed by atoms with Crippen molar-refractivity contribution in [2.45, 2.75) is 51.1 Å². The Labute approximate surface area is 217 Å². The first-order valence-corrected chi connectivity index (χ1v) is 14.0. The third kappa shape index (κ3) is 5.82. The lowest BCUT2D eigenvalue weighted by atomic mass is 9.93. The highest BCUT2D eigenvalue weighted by Gasteiger charge is 2.35. The Bertz CT molecular complexity index is 1000. The van der Waals surface area contributed by atoms with Gasteiger partial charge in [-0.1, -0.05) is 92.2 Å². The van der Waals surface area contributed by atoms with Crippen LogP contribution in [0, 0.1) is 5.92 Å². The molecule has 2 aliphatic heterocycles. The molecule has 2 aromatic rings. The van der Waals surface area contributed by atoms with Crippen molar-refractivity contribution in [3.63, 3.8) is 0 Å². The summed E-state index contributed by atoms with van der Waals surface area (Å²) >= 11 is 0. The average molecular weight is 484 g/mol. The van der Waals surface area contributed by atoms with Gasteiger partial charge < -0.3 is 4.90 Å². The van der Waals surface area contributed by atoms with Crippen molar-refractivity contribution in [3.8, 4) is 0 Å². The van der Waals surface area contributed by atoms with Gasteiger partial charge in [-0.25, -0.2) is 0 Å². The van der Waals surface area contributed by atoms with Crippen LogP contribution in [0.2, 0.25) is 0 Å². The van der Waals surface area contributed by atoms with Crippen LogP contribution in [-0.4, -0.2) is 65.9 Å². The van der Waals surface area contributed by atoms with Gasteiger partial charge in [-0.2, -0.15) is 0 Å². The van der Waals surface area contributed by atoms with Crippen LogP contribution in [-0.2, 0) is 4.79 Å². The number of likely N-dealkylation sites (tertiary alicyclic amines) is 1. The van der Waals surface area contributed by atoms with Gasteiger partial charge in [0.2, 0.25) is 5.91 Å². The highest BCUT2D eigenvalue weighted by atomic mass is 16.2. The first-order chi connectivity index (χ1) is 17.7. The van der Waals surface area contributed by atoms with E-state index in [9.17, 15) is 4.79 Å². The molecule has 2 fully saturated rings. The lowest BCUT2D eigenvalue weighted by Crippen LogP contribution is -2.56. The molecule has 2 unspecified atom stereocenters. The fourth-order valence-corrected chi connectivity index (χ4v) is 6.12. The van der Waals surface area contributed by atoms with Crippen molar-refractivity contribution >= 4 is 5.91 Å². The monoisotopic (exact) mass is 483 g/mol. The van der Waals surface area contributed by atoms with E-state index in [0.29, 0.717) is 11.8 Å². The molecule has 1 amide bonds. The summed E-state index contributed by atoms with van der Waals surface area (Å²) in [4.78, 5) is 20.9. The molecule has 2 aromatic carbocycles. The number of hydrogen-bond acceptors (Lipinski definition) is 3. The van der Waals surface area contributed by atoms with E-state index < -0.39 is 0 Å². The van der Waals surface area contributed by atoms with E-state index in [1.165, 1.54) is 29.5 Å². The molecule has 0 aromatic heterocycles. The van der Waals surface area contributed by atoms with Crippen LogP contribution in [0.5, 0.6) is 0 Å². The van der Waals surface area contributed by atoms with Gasteiger partial charge in [-0.05, 0) is 54.8 Å². The number of piperidine rings is 1. The Morgan fingerprint density at radius 3 is 2.14 bits per heavy atom. The molecule has 0 spiro atoms. The van der Waals surface area contributed by atoms with Crippen molar-refractivity contribution < 1.29 is 4.79 Å². The van der Waals surface area contributed by atoms with Gasteiger partial charge in [0.25, 0.3) is 0 Å². The summed E-state index contributed by atoms with van der Waals surface area (Å²) in [6, 6.07) is 21.8. The van der Waals surface area contributed by atoms with Crippen molar-refractivity contribution in [2.75, 3.05) is 39.3 Å². The van der Waals surface area contributed by atoms with E-state index in [-0.39, 0.29) is 12.1 Å². The van der Waals surface area contributed by atoms with Crippen molar-refractivity contribution in [3.05, 3.63) is 95.6 Å². The number of allylic oxidation sites excluding steroid dienone is 2. The summed E-state index contributed by atoms with van der Waals surface area (Å²) < 4.78 is 0. The zero-order valence-corrected chi connectivity index (χ0v) is 21.8. The summed E-state index contributed by atoms with van der Waals surface area (Å²) in [5.41, 5.74) is 4.03. The van der Waals surface area contributed by atoms with Gasteiger partial charge in [0.1, 0.15) is 0 Å². The van der Waals surface area contributed by atoms with E-state index in [0.717, 1.165) is 58.5 Å². The summed E-state index contributed by atoms with van der Waals surface area (Å²) in [6.45, 7) is 7.61. The molecular weight excluding hydrogens is 442 g/mol. The molecule has 2 saturated heterocycles. The predicted molar refractivity (Wildman–Crippen MR) is 148 cm³/mol. The molecular formula is C32H41N3O. The zero-order chi connectivity index (χ0) is 24.7. The van der Waals surface area contributed by atoms with Gasteiger partial charge in [-0.15, -0.1) is 0 Å². The minimum atomic E-state index is 0.0301. The van der Waals surface area contributed by atoms with E-state index in [2.05, 4.69) is 101 Å². The van der Waals surface area contributed by atoms with Gasteiger partial charge in [-0.3, -0.25) is 14.6 Å². The number of carbonyl (C=O) groups excluding carboxylic acids is 1. The average Bonchev–Trinajstić information content (AvgIpc) is 2.95. The lowest BCUT2D eigenvalue weighted by molar-refractivity contribution is -0.140. The SMILES string of the molecule is CCC1C=CC(CN2CCCCC2C(=O)N2CCN(C(c3ccccc3)c3ccccc3)CC2)=CC1. The highest BCUT2D eigenvalue weighted by molar-refractivity contribution is 5.82. The molecule has 3 aliphatic rings. The van der Waals surface area contributed by atoms with Crippen LogP contribution < -0.4 is 0 Å². The van der Waals surface area contributed by atoms with Gasteiger partial charge in [0.05, 0.1) is 12.1 Å². The van der Waals surface area contributed by atoms with Gasteiger partial charge >= 0.3 is 0 Å². The number of rotatable bonds is 7. The summed E-state index contributed by atoms with van der Waals surface area (Å²) in [6.07, 6.45) is 12.8. The molecule has 4 heteroatoms. The molecule has 190 valence electrons. The molecule has 0 N–H and O–H groups in total. The van der Waals surface area contributed by atoms with Crippen LogP contribution >= 0.6 is 0 Å². The number of hydrogen-bond donors (Lipinski definition) is 0. The van der Waals surface area contributed by atoms with E-state index >= 15 is 0 Å². The maximum absolute atomic E-state index is 13.7. The van der Waals surface area contributed by atoms with Gasteiger partial charge in [0, 0.05) is 32.7 Å². The van der Waals surface area contributed by atoms with Crippen molar-refractivity contribution in [2.24, 2.45) is 5.92 Å². The van der Waals surface area contributed by atoms with Crippen molar-refractivity contribution in [1.82, 2.24) is 14.7 Å². The molecule has 1 aliphatic carbocycles. The van der Waals surface area contributed by atoms with E-state index in [1.807, 2.05) is 0 Å². The molecule has 0 radical (unpaired) electrons. The topological polar surface area (TPSA) is 26.8 Å². The third-order valence-electron chi connectivity index (χ3n) is 8.30. The molecule has 0 saturated carbocycles.